The van der Waals surface area contributed by atoms with Gasteiger partial charge in [0.15, 0.2) is 11.6 Å². The standard InChI is InChI=1S/C34H48F2N8S/c1-22(2)44-23(3)39-32-28(35)16-25(17-30(32)44)31-29(36)18-38-33(41-31)40-26-6-14-43(15-7-26)45-27-8-12-42(13-9-27)19-24-4-10-34(11-5-24)20-37-21-34/h16-18,22,24,26-27,37H,4-15,19-21H2,1-3H3,(H,38,40,41). The molecule has 1 aromatic carbocycles. The van der Waals surface area contributed by atoms with Crippen LogP contribution in [-0.2, 0) is 0 Å². The molecule has 8 nitrogen and oxygen atoms in total. The van der Waals surface area contributed by atoms with Crippen molar-refractivity contribution in [3.63, 3.8) is 0 Å². The van der Waals surface area contributed by atoms with E-state index in [0.717, 1.165) is 37.7 Å². The van der Waals surface area contributed by atoms with Gasteiger partial charge in [-0.1, -0.05) is 11.9 Å². The van der Waals surface area contributed by atoms with Crippen LogP contribution in [-0.4, -0.2) is 85.8 Å². The highest BCUT2D eigenvalue weighted by molar-refractivity contribution is 7.97. The number of aryl methyl sites for hydroxylation is 1. The molecule has 7 rings (SSSR count). The average molecular weight is 639 g/mol. The molecular formula is C34H48F2N8S. The molecule has 11 heteroatoms. The molecule has 2 N–H and O–H groups in total. The highest BCUT2D eigenvalue weighted by Crippen LogP contribution is 2.42. The van der Waals surface area contributed by atoms with Crippen LogP contribution in [0.5, 0.6) is 0 Å². The zero-order valence-electron chi connectivity index (χ0n) is 27.0. The second-order valence-electron chi connectivity index (χ2n) is 14.3. The van der Waals surface area contributed by atoms with Gasteiger partial charge in [0, 0.05) is 55.6 Å². The molecule has 3 aromatic rings. The number of nitrogens with zero attached hydrogens (tertiary/aromatic N) is 6. The molecule has 5 heterocycles. The molecule has 4 fully saturated rings. The quantitative estimate of drug-likeness (QED) is 0.274. The molecule has 1 spiro atoms. The Labute approximate surface area is 270 Å². The van der Waals surface area contributed by atoms with E-state index in [1.165, 1.54) is 83.5 Å². The monoisotopic (exact) mass is 638 g/mol. The lowest BCUT2D eigenvalue weighted by molar-refractivity contribution is 0.0655. The summed E-state index contributed by atoms with van der Waals surface area (Å²) in [6, 6.07) is 3.42. The third-order valence-corrected chi connectivity index (χ3v) is 12.2. The minimum Gasteiger partial charge on any atom is -0.351 e. The smallest absolute Gasteiger partial charge is 0.223 e. The largest absolute Gasteiger partial charge is 0.351 e. The molecule has 3 aliphatic heterocycles. The maximum absolute atomic E-state index is 15.1. The van der Waals surface area contributed by atoms with Crippen molar-refractivity contribution in [2.45, 2.75) is 89.5 Å². The van der Waals surface area contributed by atoms with E-state index in [-0.39, 0.29) is 17.8 Å². The molecule has 3 saturated heterocycles. The molecule has 244 valence electrons. The minimum atomic E-state index is -0.567. The van der Waals surface area contributed by atoms with Crippen molar-refractivity contribution in [1.82, 2.24) is 34.0 Å². The molecule has 4 aliphatic rings. The highest BCUT2D eigenvalue weighted by Gasteiger charge is 2.40. The Bertz CT molecular complexity index is 1480. The summed E-state index contributed by atoms with van der Waals surface area (Å²) in [7, 11) is 0. The van der Waals surface area contributed by atoms with Gasteiger partial charge in [-0.15, -0.1) is 0 Å². The number of nitrogens with one attached hydrogen (secondary N) is 2. The van der Waals surface area contributed by atoms with Gasteiger partial charge in [-0.25, -0.2) is 23.7 Å². The fourth-order valence-corrected chi connectivity index (χ4v) is 9.33. The van der Waals surface area contributed by atoms with Crippen molar-refractivity contribution in [2.75, 3.05) is 51.1 Å². The highest BCUT2D eigenvalue weighted by atomic mass is 32.2. The lowest BCUT2D eigenvalue weighted by Crippen LogP contribution is -2.55. The van der Waals surface area contributed by atoms with Gasteiger partial charge in [0.25, 0.3) is 0 Å². The van der Waals surface area contributed by atoms with Gasteiger partial charge in [-0.3, -0.25) is 4.31 Å². The summed E-state index contributed by atoms with van der Waals surface area (Å²) in [6.07, 6.45) is 11.4. The van der Waals surface area contributed by atoms with E-state index in [1.807, 2.05) is 25.3 Å². The van der Waals surface area contributed by atoms with E-state index in [0.29, 0.717) is 33.2 Å². The van der Waals surface area contributed by atoms with Gasteiger partial charge in [0.2, 0.25) is 5.95 Å². The van der Waals surface area contributed by atoms with Crippen molar-refractivity contribution >= 4 is 28.9 Å². The third kappa shape index (κ3) is 6.73. The predicted octanol–water partition coefficient (Wildman–Crippen LogP) is 6.43. The first kappa shape index (κ1) is 31.3. The van der Waals surface area contributed by atoms with Crippen molar-refractivity contribution in [1.29, 1.82) is 0 Å². The van der Waals surface area contributed by atoms with Gasteiger partial charge in [0.1, 0.15) is 17.0 Å². The topological polar surface area (TPSA) is 74.1 Å². The van der Waals surface area contributed by atoms with E-state index in [2.05, 4.69) is 46.7 Å². The predicted molar refractivity (Wildman–Crippen MR) is 178 cm³/mol. The molecule has 1 aliphatic carbocycles. The fourth-order valence-electron chi connectivity index (χ4n) is 8.06. The van der Waals surface area contributed by atoms with Crippen molar-refractivity contribution in [3.05, 3.63) is 35.8 Å². The number of likely N-dealkylation sites (tertiary alicyclic amines) is 1. The maximum atomic E-state index is 15.1. The van der Waals surface area contributed by atoms with E-state index < -0.39 is 11.6 Å². The summed E-state index contributed by atoms with van der Waals surface area (Å²) < 4.78 is 34.6. The number of rotatable bonds is 8. The van der Waals surface area contributed by atoms with E-state index in [4.69, 9.17) is 0 Å². The Balaban J connectivity index is 0.893. The summed E-state index contributed by atoms with van der Waals surface area (Å²) in [6.45, 7) is 14.2. The second-order valence-corrected chi connectivity index (χ2v) is 15.7. The van der Waals surface area contributed by atoms with Gasteiger partial charge >= 0.3 is 0 Å². The summed E-state index contributed by atoms with van der Waals surface area (Å²) in [5.41, 5.74) is 2.09. The first-order chi connectivity index (χ1) is 21.7. The third-order valence-electron chi connectivity index (χ3n) is 10.8. The van der Waals surface area contributed by atoms with Crippen LogP contribution in [0.15, 0.2) is 18.3 Å². The van der Waals surface area contributed by atoms with Crippen LogP contribution in [0.4, 0.5) is 14.7 Å². The molecule has 0 atom stereocenters. The number of hydrogen-bond donors (Lipinski definition) is 2. The van der Waals surface area contributed by atoms with Crippen LogP contribution in [0.2, 0.25) is 0 Å². The first-order valence-corrected chi connectivity index (χ1v) is 17.9. The van der Waals surface area contributed by atoms with Crippen LogP contribution >= 0.6 is 11.9 Å². The van der Waals surface area contributed by atoms with Crippen molar-refractivity contribution in [3.8, 4) is 11.3 Å². The minimum absolute atomic E-state index is 0.0954. The lowest BCUT2D eigenvalue weighted by atomic mass is 9.67. The van der Waals surface area contributed by atoms with E-state index in [9.17, 15) is 4.39 Å². The number of anilines is 1. The molecule has 0 bridgehead atoms. The SMILES string of the molecule is Cc1nc2c(F)cc(-c3nc(NC4CCN(SC5CCN(CC6CCC7(CC6)CNC7)CC5)CC4)ncc3F)cc2n1C(C)C. The number of hydrogen-bond acceptors (Lipinski definition) is 8. The zero-order chi connectivity index (χ0) is 31.1. The van der Waals surface area contributed by atoms with Gasteiger partial charge in [-0.2, -0.15) is 0 Å². The van der Waals surface area contributed by atoms with Gasteiger partial charge in [0.05, 0.1) is 11.7 Å². The summed E-state index contributed by atoms with van der Waals surface area (Å²) in [4.78, 5) is 15.9. The Kier molecular flexibility index (Phi) is 9.06. The van der Waals surface area contributed by atoms with Crippen LogP contribution in [0.1, 0.15) is 77.1 Å². The van der Waals surface area contributed by atoms with Crippen LogP contribution < -0.4 is 10.6 Å². The van der Waals surface area contributed by atoms with E-state index >= 15 is 4.39 Å². The zero-order valence-corrected chi connectivity index (χ0v) is 27.8. The lowest BCUT2D eigenvalue weighted by Gasteiger charge is -2.48. The maximum Gasteiger partial charge on any atom is 0.223 e. The molecule has 0 unspecified atom stereocenters. The normalized spacial score (nSPS) is 22.4. The van der Waals surface area contributed by atoms with Gasteiger partial charge < -0.3 is 20.1 Å². The molecule has 45 heavy (non-hydrogen) atoms. The van der Waals surface area contributed by atoms with Crippen molar-refractivity contribution < 1.29 is 8.78 Å². The summed E-state index contributed by atoms with van der Waals surface area (Å²) in [5.74, 6) is 0.971. The number of benzene rings is 1. The average Bonchev–Trinajstić information content (AvgIpc) is 3.36. The number of imidazole rings is 1. The molecule has 0 amide bonds. The fraction of sp³-hybridized carbons (Fsp3) is 0.676. The molecule has 1 saturated carbocycles. The Morgan fingerprint density at radius 3 is 2.38 bits per heavy atom. The first-order valence-electron chi connectivity index (χ1n) is 17.1. The number of fused-ring (bicyclic) bond motifs is 1. The number of aromatic nitrogens is 4. The Morgan fingerprint density at radius 1 is 0.978 bits per heavy atom. The van der Waals surface area contributed by atoms with Crippen molar-refractivity contribution in [2.24, 2.45) is 11.3 Å². The molecule has 0 radical (unpaired) electrons. The Morgan fingerprint density at radius 2 is 1.71 bits per heavy atom. The summed E-state index contributed by atoms with van der Waals surface area (Å²) in [5, 5.41) is 7.63. The van der Waals surface area contributed by atoms with Crippen LogP contribution in [0.3, 0.4) is 0 Å². The number of piperidine rings is 2. The van der Waals surface area contributed by atoms with Gasteiger partial charge in [-0.05, 0) is 109 Å². The Hall–Kier alpha value is -2.34. The second kappa shape index (κ2) is 13.0. The molecular weight excluding hydrogens is 590 g/mol. The van der Waals surface area contributed by atoms with Crippen LogP contribution in [0.25, 0.3) is 22.3 Å². The number of halogens is 2. The van der Waals surface area contributed by atoms with Crippen LogP contribution in [0, 0.1) is 29.9 Å². The van der Waals surface area contributed by atoms with E-state index in [1.54, 1.807) is 6.07 Å². The molecule has 2 aromatic heterocycles. The summed E-state index contributed by atoms with van der Waals surface area (Å²) >= 11 is 2.07.